The number of amides is 2. The molecule has 2 amide bonds. The maximum atomic E-state index is 11.4. The Balaban J connectivity index is 2.23. The molecule has 1 heterocycles. The first-order valence-electron chi connectivity index (χ1n) is 6.04. The molecule has 0 spiro atoms. The Kier molecular flexibility index (Phi) is 5.84. The molecule has 0 fully saturated rings. The van der Waals surface area contributed by atoms with Crippen LogP contribution in [0.3, 0.4) is 0 Å². The minimum absolute atomic E-state index is 0.332. The van der Waals surface area contributed by atoms with Crippen LogP contribution >= 0.6 is 0 Å². The minimum atomic E-state index is -0.579. The lowest BCUT2D eigenvalue weighted by atomic mass is 10.2. The van der Waals surface area contributed by atoms with Gasteiger partial charge in [0, 0.05) is 25.5 Å². The Morgan fingerprint density at radius 3 is 2.39 bits per heavy atom. The predicted molar refractivity (Wildman–Crippen MR) is 68.8 cm³/mol. The molecule has 0 atom stereocenters. The van der Waals surface area contributed by atoms with Gasteiger partial charge in [0.2, 0.25) is 0 Å². The van der Waals surface area contributed by atoms with Crippen LogP contribution in [0, 0.1) is 5.92 Å². The number of carbonyl (C=O) groups excluding carboxylic acids is 2. The van der Waals surface area contributed by atoms with Crippen LogP contribution in [-0.2, 0) is 16.0 Å². The summed E-state index contributed by atoms with van der Waals surface area (Å²) in [5, 5.41) is 5.15. The highest BCUT2D eigenvalue weighted by molar-refractivity contribution is 6.35. The molecule has 5 nitrogen and oxygen atoms in total. The molecule has 0 saturated carbocycles. The van der Waals surface area contributed by atoms with Crippen LogP contribution in [0.1, 0.15) is 19.4 Å². The van der Waals surface area contributed by atoms with Crippen molar-refractivity contribution < 1.29 is 9.59 Å². The first-order chi connectivity index (χ1) is 8.59. The van der Waals surface area contributed by atoms with E-state index in [1.807, 2.05) is 26.0 Å². The number of hydrogen-bond acceptors (Lipinski definition) is 3. The van der Waals surface area contributed by atoms with Crippen LogP contribution in [0.2, 0.25) is 0 Å². The van der Waals surface area contributed by atoms with Gasteiger partial charge in [0.25, 0.3) is 0 Å². The second kappa shape index (κ2) is 7.42. The summed E-state index contributed by atoms with van der Waals surface area (Å²) in [4.78, 5) is 26.7. The Morgan fingerprint density at radius 1 is 1.17 bits per heavy atom. The van der Waals surface area contributed by atoms with Gasteiger partial charge in [-0.2, -0.15) is 0 Å². The maximum Gasteiger partial charge on any atom is 0.309 e. The van der Waals surface area contributed by atoms with Gasteiger partial charge in [-0.05, 0) is 30.0 Å². The van der Waals surface area contributed by atoms with Crippen molar-refractivity contribution in [3.05, 3.63) is 30.1 Å². The summed E-state index contributed by atoms with van der Waals surface area (Å²) in [5.74, 6) is -0.818. The van der Waals surface area contributed by atoms with E-state index in [0.29, 0.717) is 25.4 Å². The first kappa shape index (κ1) is 14.2. The Morgan fingerprint density at radius 2 is 1.78 bits per heavy atom. The van der Waals surface area contributed by atoms with E-state index in [0.717, 1.165) is 5.56 Å². The van der Waals surface area contributed by atoms with Gasteiger partial charge in [0.15, 0.2) is 0 Å². The molecule has 1 aromatic heterocycles. The number of pyridine rings is 1. The smallest absolute Gasteiger partial charge is 0.309 e. The number of nitrogens with one attached hydrogen (secondary N) is 2. The molecule has 0 aromatic carbocycles. The van der Waals surface area contributed by atoms with Gasteiger partial charge >= 0.3 is 11.8 Å². The molecule has 0 saturated heterocycles. The third-order valence-electron chi connectivity index (χ3n) is 2.33. The van der Waals surface area contributed by atoms with Crippen LogP contribution in [-0.4, -0.2) is 29.9 Å². The summed E-state index contributed by atoms with van der Waals surface area (Å²) in [6.45, 7) is 4.90. The molecule has 0 aliphatic heterocycles. The minimum Gasteiger partial charge on any atom is -0.348 e. The molecule has 98 valence electrons. The molecule has 1 rings (SSSR count). The van der Waals surface area contributed by atoms with Crippen LogP contribution < -0.4 is 10.6 Å². The number of rotatable bonds is 5. The number of hydrogen-bond donors (Lipinski definition) is 2. The van der Waals surface area contributed by atoms with E-state index >= 15 is 0 Å². The van der Waals surface area contributed by atoms with E-state index in [4.69, 9.17) is 0 Å². The zero-order chi connectivity index (χ0) is 13.4. The van der Waals surface area contributed by atoms with Crippen LogP contribution in [0.4, 0.5) is 0 Å². The predicted octanol–water partition coefficient (Wildman–Crippen LogP) is 0.513. The highest BCUT2D eigenvalue weighted by Crippen LogP contribution is 1.95. The van der Waals surface area contributed by atoms with Crippen molar-refractivity contribution in [2.45, 2.75) is 20.3 Å². The van der Waals surface area contributed by atoms with Gasteiger partial charge in [0.05, 0.1) is 0 Å². The highest BCUT2D eigenvalue weighted by Gasteiger charge is 2.12. The first-order valence-corrected chi connectivity index (χ1v) is 6.04. The number of carbonyl (C=O) groups is 2. The van der Waals surface area contributed by atoms with Crippen molar-refractivity contribution in [2.75, 3.05) is 13.1 Å². The fourth-order valence-corrected chi connectivity index (χ4v) is 1.33. The fraction of sp³-hybridized carbons (Fsp3) is 0.462. The van der Waals surface area contributed by atoms with E-state index < -0.39 is 11.8 Å². The van der Waals surface area contributed by atoms with Crippen molar-refractivity contribution in [1.82, 2.24) is 15.6 Å². The third-order valence-corrected chi connectivity index (χ3v) is 2.33. The Labute approximate surface area is 107 Å². The van der Waals surface area contributed by atoms with Gasteiger partial charge in [-0.15, -0.1) is 0 Å². The van der Waals surface area contributed by atoms with Gasteiger partial charge in [-0.1, -0.05) is 13.8 Å². The second-order valence-electron chi connectivity index (χ2n) is 4.47. The molecule has 1 aromatic rings. The maximum absolute atomic E-state index is 11.4. The zero-order valence-corrected chi connectivity index (χ0v) is 10.8. The van der Waals surface area contributed by atoms with Crippen molar-refractivity contribution in [1.29, 1.82) is 0 Å². The van der Waals surface area contributed by atoms with Crippen LogP contribution in [0.25, 0.3) is 0 Å². The van der Waals surface area contributed by atoms with Gasteiger partial charge < -0.3 is 10.6 Å². The molecule has 0 aliphatic carbocycles. The van der Waals surface area contributed by atoms with E-state index in [1.54, 1.807) is 12.4 Å². The van der Waals surface area contributed by atoms with Gasteiger partial charge in [-0.3, -0.25) is 14.6 Å². The van der Waals surface area contributed by atoms with E-state index in [2.05, 4.69) is 15.6 Å². The topological polar surface area (TPSA) is 71.1 Å². The number of nitrogens with zero attached hydrogens (tertiary/aromatic N) is 1. The molecule has 0 aliphatic rings. The Bertz CT molecular complexity index is 390. The van der Waals surface area contributed by atoms with Crippen molar-refractivity contribution >= 4 is 11.8 Å². The average Bonchev–Trinajstić information content (AvgIpc) is 2.37. The standard InChI is InChI=1S/C13H19N3O2/c1-10(2)9-16-13(18)12(17)15-8-5-11-3-6-14-7-4-11/h3-4,6-7,10H,5,8-9H2,1-2H3,(H,15,17)(H,16,18). The summed E-state index contributed by atoms with van der Waals surface area (Å²) in [6, 6.07) is 3.76. The van der Waals surface area contributed by atoms with Gasteiger partial charge in [-0.25, -0.2) is 0 Å². The normalized spacial score (nSPS) is 10.2. The van der Waals surface area contributed by atoms with E-state index in [1.165, 1.54) is 0 Å². The molecule has 0 unspecified atom stereocenters. The van der Waals surface area contributed by atoms with E-state index in [-0.39, 0.29) is 0 Å². The number of aromatic nitrogens is 1. The molecule has 2 N–H and O–H groups in total. The molecule has 5 heteroatoms. The molecule has 18 heavy (non-hydrogen) atoms. The molecule has 0 bridgehead atoms. The largest absolute Gasteiger partial charge is 0.348 e. The summed E-state index contributed by atoms with van der Waals surface area (Å²) < 4.78 is 0. The van der Waals surface area contributed by atoms with Crippen molar-refractivity contribution in [2.24, 2.45) is 5.92 Å². The monoisotopic (exact) mass is 249 g/mol. The van der Waals surface area contributed by atoms with Crippen molar-refractivity contribution in [3.63, 3.8) is 0 Å². The zero-order valence-electron chi connectivity index (χ0n) is 10.8. The lowest BCUT2D eigenvalue weighted by Crippen LogP contribution is -2.41. The molecular weight excluding hydrogens is 230 g/mol. The highest BCUT2D eigenvalue weighted by atomic mass is 16.2. The third kappa shape index (κ3) is 5.43. The van der Waals surface area contributed by atoms with Crippen molar-refractivity contribution in [3.8, 4) is 0 Å². The lowest BCUT2D eigenvalue weighted by Gasteiger charge is -2.08. The summed E-state index contributed by atoms with van der Waals surface area (Å²) in [6.07, 6.45) is 4.09. The van der Waals surface area contributed by atoms with Crippen LogP contribution in [0.5, 0.6) is 0 Å². The Hall–Kier alpha value is -1.91. The summed E-state index contributed by atoms with van der Waals surface area (Å²) in [5.41, 5.74) is 1.08. The second-order valence-corrected chi connectivity index (χ2v) is 4.47. The summed E-state index contributed by atoms with van der Waals surface area (Å²) >= 11 is 0. The SMILES string of the molecule is CC(C)CNC(=O)C(=O)NCCc1ccncc1. The average molecular weight is 249 g/mol. The van der Waals surface area contributed by atoms with Gasteiger partial charge in [0.1, 0.15) is 0 Å². The van der Waals surface area contributed by atoms with Crippen LogP contribution in [0.15, 0.2) is 24.5 Å². The molecular formula is C13H19N3O2. The fourth-order valence-electron chi connectivity index (χ4n) is 1.33. The molecule has 0 radical (unpaired) electrons. The quantitative estimate of drug-likeness (QED) is 0.747. The van der Waals surface area contributed by atoms with E-state index in [9.17, 15) is 9.59 Å². The lowest BCUT2D eigenvalue weighted by molar-refractivity contribution is -0.139. The summed E-state index contributed by atoms with van der Waals surface area (Å²) in [7, 11) is 0.